The molecule has 1 aliphatic carbocycles. The summed E-state index contributed by atoms with van der Waals surface area (Å²) in [5.41, 5.74) is 1.44. The van der Waals surface area contributed by atoms with Gasteiger partial charge < -0.3 is 10.2 Å². The molecule has 1 N–H and O–H groups in total. The lowest BCUT2D eigenvalue weighted by atomic mass is 9.99. The molecule has 3 nitrogen and oxygen atoms in total. The van der Waals surface area contributed by atoms with E-state index in [-0.39, 0.29) is 18.3 Å². The maximum absolute atomic E-state index is 12.5. The van der Waals surface area contributed by atoms with E-state index in [0.29, 0.717) is 5.92 Å². The van der Waals surface area contributed by atoms with Crippen LogP contribution < -0.4 is 5.32 Å². The summed E-state index contributed by atoms with van der Waals surface area (Å²) in [5, 5.41) is 3.21. The van der Waals surface area contributed by atoms with Crippen molar-refractivity contribution < 1.29 is 4.79 Å². The van der Waals surface area contributed by atoms with E-state index in [1.807, 2.05) is 11.9 Å². The van der Waals surface area contributed by atoms with Crippen molar-refractivity contribution in [1.29, 1.82) is 0 Å². The Kier molecular flexibility index (Phi) is 5.47. The van der Waals surface area contributed by atoms with Crippen LogP contribution in [0.4, 0.5) is 0 Å². The van der Waals surface area contributed by atoms with Crippen LogP contribution >= 0.6 is 23.7 Å². The molecular weight excluding hydrogens is 292 g/mol. The van der Waals surface area contributed by atoms with E-state index in [9.17, 15) is 4.79 Å². The minimum Gasteiger partial charge on any atom is -0.338 e. The average molecular weight is 315 g/mol. The van der Waals surface area contributed by atoms with Gasteiger partial charge in [0.05, 0.1) is 4.88 Å². The highest BCUT2D eigenvalue weighted by Crippen LogP contribution is 2.31. The van der Waals surface area contributed by atoms with E-state index < -0.39 is 0 Å². The zero-order chi connectivity index (χ0) is 13.2. The first kappa shape index (κ1) is 15.8. The number of halogens is 1. The number of carbonyl (C=O) groups is 1. The van der Waals surface area contributed by atoms with E-state index in [1.54, 1.807) is 11.3 Å². The van der Waals surface area contributed by atoms with E-state index in [4.69, 9.17) is 0 Å². The molecule has 1 saturated heterocycles. The molecule has 0 bridgehead atoms. The van der Waals surface area contributed by atoms with Gasteiger partial charge in [-0.1, -0.05) is 0 Å². The Bertz CT molecular complexity index is 451. The number of likely N-dealkylation sites (tertiary alicyclic amines) is 1. The molecule has 1 aromatic heterocycles. The van der Waals surface area contributed by atoms with Crippen LogP contribution in [0.3, 0.4) is 0 Å². The quantitative estimate of drug-likeness (QED) is 0.930. The van der Waals surface area contributed by atoms with Gasteiger partial charge in [0, 0.05) is 18.0 Å². The predicted molar refractivity (Wildman–Crippen MR) is 86.1 cm³/mol. The van der Waals surface area contributed by atoms with Crippen molar-refractivity contribution in [1.82, 2.24) is 10.2 Å². The van der Waals surface area contributed by atoms with Crippen molar-refractivity contribution in [2.24, 2.45) is 5.92 Å². The Morgan fingerprint density at radius 3 is 3.00 bits per heavy atom. The van der Waals surface area contributed by atoms with Crippen LogP contribution in [0, 0.1) is 5.92 Å². The normalized spacial score (nSPS) is 21.4. The van der Waals surface area contributed by atoms with Gasteiger partial charge in [-0.25, -0.2) is 0 Å². The fourth-order valence-corrected chi connectivity index (χ4v) is 4.45. The van der Waals surface area contributed by atoms with E-state index >= 15 is 0 Å². The summed E-state index contributed by atoms with van der Waals surface area (Å²) in [4.78, 5) is 17.0. The summed E-state index contributed by atoms with van der Waals surface area (Å²) in [7, 11) is 1.98. The number of nitrogens with zero attached hydrogens (tertiary/aromatic N) is 1. The highest BCUT2D eigenvalue weighted by Gasteiger charge is 2.28. The molecule has 20 heavy (non-hydrogen) atoms. The molecule has 1 aliphatic heterocycles. The van der Waals surface area contributed by atoms with Crippen molar-refractivity contribution in [2.45, 2.75) is 32.1 Å². The molecule has 0 radical (unpaired) electrons. The lowest BCUT2D eigenvalue weighted by Gasteiger charge is -2.15. The first-order chi connectivity index (χ1) is 9.28. The molecule has 0 spiro atoms. The van der Waals surface area contributed by atoms with Crippen LogP contribution in [0.15, 0.2) is 6.07 Å². The molecule has 2 heterocycles. The molecule has 1 fully saturated rings. The van der Waals surface area contributed by atoms with E-state index in [1.165, 1.54) is 36.1 Å². The van der Waals surface area contributed by atoms with Gasteiger partial charge in [0.2, 0.25) is 0 Å². The first-order valence-corrected chi connectivity index (χ1v) is 8.15. The average Bonchev–Trinajstić information content (AvgIpc) is 3.04. The van der Waals surface area contributed by atoms with Crippen LogP contribution in [-0.2, 0) is 12.8 Å². The largest absolute Gasteiger partial charge is 0.338 e. The van der Waals surface area contributed by atoms with Crippen LogP contribution in [-0.4, -0.2) is 37.5 Å². The molecule has 2 aliphatic rings. The molecule has 1 atom stereocenters. The number of thiophene rings is 1. The van der Waals surface area contributed by atoms with Gasteiger partial charge >= 0.3 is 0 Å². The Morgan fingerprint density at radius 2 is 2.25 bits per heavy atom. The number of hydrogen-bond acceptors (Lipinski definition) is 3. The number of rotatable bonds is 3. The minimum atomic E-state index is 0. The van der Waals surface area contributed by atoms with Crippen LogP contribution in [0.2, 0.25) is 0 Å². The third kappa shape index (κ3) is 3.18. The van der Waals surface area contributed by atoms with Crippen molar-refractivity contribution in [3.63, 3.8) is 0 Å². The van der Waals surface area contributed by atoms with Gasteiger partial charge in [-0.2, -0.15) is 0 Å². The standard InChI is InChI=1S/C15H22N2OS.ClH/c1-16-9-11-6-7-17(10-11)15(18)14-8-12-4-2-3-5-13(12)19-14;/h8,11,16H,2-7,9-10H2,1H3;1H. The SMILES string of the molecule is CNCC1CCN(C(=O)c2cc3c(s2)CCCC3)C1.Cl. The zero-order valence-corrected chi connectivity index (χ0v) is 13.6. The van der Waals surface area contributed by atoms with Crippen molar-refractivity contribution in [3.05, 3.63) is 21.4 Å². The Hall–Kier alpha value is -0.580. The summed E-state index contributed by atoms with van der Waals surface area (Å²) in [6.07, 6.45) is 6.05. The topological polar surface area (TPSA) is 32.3 Å². The monoisotopic (exact) mass is 314 g/mol. The summed E-state index contributed by atoms with van der Waals surface area (Å²) in [6.45, 7) is 2.86. The second kappa shape index (κ2) is 6.92. The molecule has 0 saturated carbocycles. The fourth-order valence-electron chi connectivity index (χ4n) is 3.22. The molecule has 5 heteroatoms. The zero-order valence-electron chi connectivity index (χ0n) is 12.0. The Morgan fingerprint density at radius 1 is 1.45 bits per heavy atom. The van der Waals surface area contributed by atoms with Crippen LogP contribution in [0.1, 0.15) is 39.4 Å². The lowest BCUT2D eigenvalue weighted by Crippen LogP contribution is -2.29. The summed E-state index contributed by atoms with van der Waals surface area (Å²) in [6, 6.07) is 2.16. The number of amides is 1. The summed E-state index contributed by atoms with van der Waals surface area (Å²) in [5.74, 6) is 0.890. The minimum absolute atomic E-state index is 0. The van der Waals surface area contributed by atoms with E-state index in [2.05, 4.69) is 11.4 Å². The lowest BCUT2D eigenvalue weighted by molar-refractivity contribution is 0.0792. The van der Waals surface area contributed by atoms with Gasteiger partial charge in [-0.15, -0.1) is 23.7 Å². The number of hydrogen-bond donors (Lipinski definition) is 1. The van der Waals surface area contributed by atoms with Gasteiger partial charge in [-0.05, 0) is 63.2 Å². The molecule has 1 unspecified atom stereocenters. The van der Waals surface area contributed by atoms with Crippen molar-refractivity contribution in [3.8, 4) is 0 Å². The third-order valence-electron chi connectivity index (χ3n) is 4.27. The fraction of sp³-hybridized carbons (Fsp3) is 0.667. The smallest absolute Gasteiger partial charge is 0.263 e. The molecule has 1 aromatic rings. The van der Waals surface area contributed by atoms with Gasteiger partial charge in [0.1, 0.15) is 0 Å². The number of aryl methyl sites for hydroxylation is 2. The molecule has 3 rings (SSSR count). The molecule has 112 valence electrons. The van der Waals surface area contributed by atoms with Crippen LogP contribution in [0.5, 0.6) is 0 Å². The second-order valence-electron chi connectivity index (χ2n) is 5.73. The maximum Gasteiger partial charge on any atom is 0.263 e. The highest BCUT2D eigenvalue weighted by molar-refractivity contribution is 7.14. The highest BCUT2D eigenvalue weighted by atomic mass is 35.5. The van der Waals surface area contributed by atoms with Gasteiger partial charge in [0.15, 0.2) is 0 Å². The summed E-state index contributed by atoms with van der Waals surface area (Å²) < 4.78 is 0. The van der Waals surface area contributed by atoms with Crippen molar-refractivity contribution >= 4 is 29.7 Å². The number of carbonyl (C=O) groups excluding carboxylic acids is 1. The number of nitrogens with one attached hydrogen (secondary N) is 1. The maximum atomic E-state index is 12.5. The van der Waals surface area contributed by atoms with Crippen LogP contribution in [0.25, 0.3) is 0 Å². The first-order valence-electron chi connectivity index (χ1n) is 7.33. The Balaban J connectivity index is 0.00000147. The molecular formula is C15H23ClN2OS. The van der Waals surface area contributed by atoms with Gasteiger partial charge in [-0.3, -0.25) is 4.79 Å². The number of fused-ring (bicyclic) bond motifs is 1. The van der Waals surface area contributed by atoms with Crippen molar-refractivity contribution in [2.75, 3.05) is 26.7 Å². The molecule has 0 aromatic carbocycles. The summed E-state index contributed by atoms with van der Waals surface area (Å²) >= 11 is 1.74. The molecule has 1 amide bonds. The predicted octanol–water partition coefficient (Wildman–Crippen LogP) is 2.73. The third-order valence-corrected chi connectivity index (χ3v) is 5.50. The van der Waals surface area contributed by atoms with E-state index in [0.717, 1.165) is 30.9 Å². The van der Waals surface area contributed by atoms with Gasteiger partial charge in [0.25, 0.3) is 5.91 Å². The Labute approximate surface area is 131 Å². The second-order valence-corrected chi connectivity index (χ2v) is 6.87.